The summed E-state index contributed by atoms with van der Waals surface area (Å²) in [5, 5.41) is 5.59. The van der Waals surface area contributed by atoms with Crippen LogP contribution in [0.3, 0.4) is 0 Å². The number of carbonyl (C=O) groups excluding carboxylic acids is 2. The molecule has 0 bridgehead atoms. The number of amides is 2. The molecule has 0 heterocycles. The monoisotopic (exact) mass is 451 g/mol. The van der Waals surface area contributed by atoms with Gasteiger partial charge in [-0.25, -0.2) is 13.1 Å². The second-order valence-corrected chi connectivity index (χ2v) is 10.3. The summed E-state index contributed by atoms with van der Waals surface area (Å²) in [6.45, 7) is 8.79. The third-order valence-corrected chi connectivity index (χ3v) is 5.93. The van der Waals surface area contributed by atoms with Crippen LogP contribution in [-0.2, 0) is 14.8 Å². The standard InChI is InChI=1S/C21H26ClN3O4S/c1-13(2)25-30(28,29)16-9-10-18(22)17(12-16)19(26)23-14-7-6-8-15(11-14)24-20(27)21(3,4)5/h6-13,25H,1-5H3,(H,23,26)(H,24,27). The van der Waals surface area contributed by atoms with Gasteiger partial charge < -0.3 is 10.6 Å². The molecule has 3 N–H and O–H groups in total. The van der Waals surface area contributed by atoms with Gasteiger partial charge in [0.1, 0.15) is 0 Å². The van der Waals surface area contributed by atoms with Crippen LogP contribution in [0.1, 0.15) is 45.0 Å². The molecule has 0 atom stereocenters. The molecule has 2 amide bonds. The molecule has 2 rings (SSSR count). The van der Waals surface area contributed by atoms with E-state index in [1.807, 2.05) is 0 Å². The van der Waals surface area contributed by atoms with Crippen LogP contribution >= 0.6 is 11.6 Å². The highest BCUT2D eigenvalue weighted by Gasteiger charge is 2.22. The first-order chi connectivity index (χ1) is 13.8. The van der Waals surface area contributed by atoms with Gasteiger partial charge in [0.05, 0.1) is 15.5 Å². The largest absolute Gasteiger partial charge is 0.326 e. The SMILES string of the molecule is CC(C)NS(=O)(=O)c1ccc(Cl)c(C(=O)Nc2cccc(NC(=O)C(C)(C)C)c2)c1. The first-order valence-electron chi connectivity index (χ1n) is 9.34. The number of hydrogen-bond donors (Lipinski definition) is 3. The number of nitrogens with one attached hydrogen (secondary N) is 3. The van der Waals surface area contributed by atoms with E-state index < -0.39 is 21.3 Å². The van der Waals surface area contributed by atoms with Crippen molar-refractivity contribution in [1.29, 1.82) is 0 Å². The van der Waals surface area contributed by atoms with Gasteiger partial charge in [0, 0.05) is 22.8 Å². The number of benzene rings is 2. The van der Waals surface area contributed by atoms with E-state index in [1.54, 1.807) is 58.9 Å². The molecule has 0 spiro atoms. The zero-order chi connectivity index (χ0) is 22.7. The molecular formula is C21H26ClN3O4S. The molecule has 0 aromatic heterocycles. The Labute approximate surface area is 182 Å². The van der Waals surface area contributed by atoms with Crippen LogP contribution in [0.15, 0.2) is 47.4 Å². The van der Waals surface area contributed by atoms with Gasteiger partial charge in [0.2, 0.25) is 15.9 Å². The van der Waals surface area contributed by atoms with Crippen molar-refractivity contribution in [2.24, 2.45) is 5.41 Å². The van der Waals surface area contributed by atoms with E-state index in [2.05, 4.69) is 15.4 Å². The van der Waals surface area contributed by atoms with Gasteiger partial charge in [0.25, 0.3) is 5.91 Å². The molecule has 0 aliphatic rings. The van der Waals surface area contributed by atoms with E-state index in [1.165, 1.54) is 18.2 Å². The van der Waals surface area contributed by atoms with Gasteiger partial charge in [-0.3, -0.25) is 9.59 Å². The molecule has 0 unspecified atom stereocenters. The van der Waals surface area contributed by atoms with Gasteiger partial charge >= 0.3 is 0 Å². The molecule has 7 nitrogen and oxygen atoms in total. The maximum absolute atomic E-state index is 12.7. The van der Waals surface area contributed by atoms with Gasteiger partial charge in [-0.2, -0.15) is 0 Å². The topological polar surface area (TPSA) is 104 Å². The fraction of sp³-hybridized carbons (Fsp3) is 0.333. The fourth-order valence-corrected chi connectivity index (χ4v) is 3.90. The van der Waals surface area contributed by atoms with Gasteiger partial charge in [0.15, 0.2) is 0 Å². The lowest BCUT2D eigenvalue weighted by atomic mass is 9.95. The molecule has 9 heteroatoms. The third kappa shape index (κ3) is 6.29. The van der Waals surface area contributed by atoms with Crippen molar-refractivity contribution in [3.05, 3.63) is 53.1 Å². The number of halogens is 1. The molecule has 0 aliphatic heterocycles. The number of anilines is 2. The van der Waals surface area contributed by atoms with Gasteiger partial charge in [-0.15, -0.1) is 0 Å². The second-order valence-electron chi connectivity index (χ2n) is 8.16. The van der Waals surface area contributed by atoms with Crippen molar-refractivity contribution >= 4 is 44.8 Å². The Morgan fingerprint density at radius 2 is 1.57 bits per heavy atom. The van der Waals surface area contributed by atoms with E-state index in [9.17, 15) is 18.0 Å². The smallest absolute Gasteiger partial charge is 0.257 e. The Balaban J connectivity index is 2.25. The zero-order valence-electron chi connectivity index (χ0n) is 17.5. The predicted octanol–water partition coefficient (Wildman–Crippen LogP) is 4.26. The van der Waals surface area contributed by atoms with Crippen molar-refractivity contribution in [2.45, 2.75) is 45.6 Å². The van der Waals surface area contributed by atoms with Crippen LogP contribution < -0.4 is 15.4 Å². The summed E-state index contributed by atoms with van der Waals surface area (Å²) in [6, 6.07) is 10.3. The van der Waals surface area contributed by atoms with Crippen molar-refractivity contribution < 1.29 is 18.0 Å². The summed E-state index contributed by atoms with van der Waals surface area (Å²) in [7, 11) is -3.78. The Hall–Kier alpha value is -2.42. The van der Waals surface area contributed by atoms with E-state index in [0.717, 1.165) is 0 Å². The van der Waals surface area contributed by atoms with E-state index in [4.69, 9.17) is 11.6 Å². The average molecular weight is 452 g/mol. The van der Waals surface area contributed by atoms with Crippen molar-refractivity contribution in [3.63, 3.8) is 0 Å². The molecular weight excluding hydrogens is 426 g/mol. The highest BCUT2D eigenvalue weighted by molar-refractivity contribution is 7.89. The van der Waals surface area contributed by atoms with Gasteiger partial charge in [-0.05, 0) is 50.2 Å². The molecule has 2 aromatic carbocycles. The maximum Gasteiger partial charge on any atom is 0.257 e. The van der Waals surface area contributed by atoms with Crippen LogP contribution in [0.5, 0.6) is 0 Å². The number of hydrogen-bond acceptors (Lipinski definition) is 4. The Bertz CT molecular complexity index is 1060. The van der Waals surface area contributed by atoms with Crippen LogP contribution in [0, 0.1) is 5.41 Å². The van der Waals surface area contributed by atoms with E-state index in [-0.39, 0.29) is 27.4 Å². The lowest BCUT2D eigenvalue weighted by Gasteiger charge is -2.18. The summed E-state index contributed by atoms with van der Waals surface area (Å²) in [5.74, 6) is -0.731. The first-order valence-corrected chi connectivity index (χ1v) is 11.2. The van der Waals surface area contributed by atoms with Gasteiger partial charge in [-0.1, -0.05) is 38.4 Å². The normalized spacial score (nSPS) is 12.0. The molecule has 0 saturated carbocycles. The number of rotatable bonds is 6. The Morgan fingerprint density at radius 1 is 0.967 bits per heavy atom. The summed E-state index contributed by atoms with van der Waals surface area (Å²) in [6.07, 6.45) is 0. The summed E-state index contributed by atoms with van der Waals surface area (Å²) < 4.78 is 27.2. The quantitative estimate of drug-likeness (QED) is 0.610. The predicted molar refractivity (Wildman–Crippen MR) is 119 cm³/mol. The minimum absolute atomic E-state index is 0.0208. The van der Waals surface area contributed by atoms with Crippen LogP contribution in [0.25, 0.3) is 0 Å². The van der Waals surface area contributed by atoms with Crippen molar-refractivity contribution in [3.8, 4) is 0 Å². The molecule has 0 fully saturated rings. The minimum Gasteiger partial charge on any atom is -0.326 e. The van der Waals surface area contributed by atoms with Crippen molar-refractivity contribution in [1.82, 2.24) is 4.72 Å². The lowest BCUT2D eigenvalue weighted by molar-refractivity contribution is -0.123. The van der Waals surface area contributed by atoms with E-state index >= 15 is 0 Å². The summed E-state index contributed by atoms with van der Waals surface area (Å²) >= 11 is 6.13. The first kappa shape index (κ1) is 23.9. The van der Waals surface area contributed by atoms with Crippen LogP contribution in [-0.4, -0.2) is 26.3 Å². The molecule has 162 valence electrons. The molecule has 30 heavy (non-hydrogen) atoms. The maximum atomic E-state index is 12.7. The lowest BCUT2D eigenvalue weighted by Crippen LogP contribution is -2.30. The minimum atomic E-state index is -3.78. The number of sulfonamides is 1. The Kier molecular flexibility index (Phi) is 7.28. The third-order valence-electron chi connectivity index (χ3n) is 3.94. The molecule has 0 radical (unpaired) electrons. The molecule has 0 aliphatic carbocycles. The zero-order valence-corrected chi connectivity index (χ0v) is 19.1. The highest BCUT2D eigenvalue weighted by Crippen LogP contribution is 2.24. The molecule has 0 saturated heterocycles. The second kappa shape index (κ2) is 9.16. The van der Waals surface area contributed by atoms with Crippen LogP contribution in [0.4, 0.5) is 11.4 Å². The Morgan fingerprint density at radius 3 is 2.13 bits per heavy atom. The average Bonchev–Trinajstić information content (AvgIpc) is 2.60. The molecule has 2 aromatic rings. The summed E-state index contributed by atoms with van der Waals surface area (Å²) in [4.78, 5) is 24.8. The fourth-order valence-electron chi connectivity index (χ4n) is 2.42. The van der Waals surface area contributed by atoms with Crippen LogP contribution in [0.2, 0.25) is 5.02 Å². The number of carbonyl (C=O) groups is 2. The highest BCUT2D eigenvalue weighted by atomic mass is 35.5. The van der Waals surface area contributed by atoms with E-state index in [0.29, 0.717) is 11.4 Å². The van der Waals surface area contributed by atoms with Crippen molar-refractivity contribution in [2.75, 3.05) is 10.6 Å². The summed E-state index contributed by atoms with van der Waals surface area (Å²) in [5.41, 5.74) is 0.406.